The zero-order valence-corrected chi connectivity index (χ0v) is 14.3. The smallest absolute Gasteiger partial charge is 0.314 e. The van der Waals surface area contributed by atoms with E-state index in [1.165, 1.54) is 6.07 Å². The fourth-order valence-electron chi connectivity index (χ4n) is 3.21. The van der Waals surface area contributed by atoms with Crippen LogP contribution in [0, 0.1) is 11.7 Å². The van der Waals surface area contributed by atoms with Gasteiger partial charge in [-0.2, -0.15) is 8.78 Å². The van der Waals surface area contributed by atoms with Gasteiger partial charge in [0.2, 0.25) is 5.89 Å². The molecule has 0 amide bonds. The number of imidazole rings is 1. The molecule has 0 unspecified atom stereocenters. The van der Waals surface area contributed by atoms with Crippen LogP contribution >= 0.6 is 0 Å². The highest BCUT2D eigenvalue weighted by Crippen LogP contribution is 2.29. The number of hydrogen-bond donors (Lipinski definition) is 0. The van der Waals surface area contributed by atoms with Gasteiger partial charge in [-0.1, -0.05) is 0 Å². The molecule has 3 heterocycles. The van der Waals surface area contributed by atoms with E-state index in [2.05, 4.69) is 15.2 Å². The van der Waals surface area contributed by atoms with Crippen LogP contribution in [0.3, 0.4) is 0 Å². The third-order valence-electron chi connectivity index (χ3n) is 4.54. The van der Waals surface area contributed by atoms with Crippen LogP contribution in [0.4, 0.5) is 13.2 Å². The summed E-state index contributed by atoms with van der Waals surface area (Å²) in [7, 11) is 0. The molecule has 0 saturated carbocycles. The van der Waals surface area contributed by atoms with E-state index in [1.54, 1.807) is 12.3 Å². The molecule has 1 aromatic carbocycles. The predicted molar refractivity (Wildman–Crippen MR) is 89.4 cm³/mol. The van der Waals surface area contributed by atoms with Gasteiger partial charge in [-0.3, -0.25) is 0 Å². The zero-order chi connectivity index (χ0) is 18.8. The van der Waals surface area contributed by atoms with Gasteiger partial charge < -0.3 is 13.7 Å². The van der Waals surface area contributed by atoms with Crippen molar-refractivity contribution < 1.29 is 22.3 Å². The Hall–Kier alpha value is -2.68. The van der Waals surface area contributed by atoms with Gasteiger partial charge in [0.25, 0.3) is 5.89 Å². The van der Waals surface area contributed by atoms with Crippen LogP contribution in [0.2, 0.25) is 0 Å². The number of alkyl halides is 2. The Balaban J connectivity index is 1.64. The number of halogens is 3. The van der Waals surface area contributed by atoms with Gasteiger partial charge in [-0.05, 0) is 37.0 Å². The molecular formula is C18H17F3N4O2. The summed E-state index contributed by atoms with van der Waals surface area (Å²) in [5, 5.41) is 6.87. The average molecular weight is 378 g/mol. The minimum absolute atomic E-state index is 0.159. The monoisotopic (exact) mass is 378 g/mol. The van der Waals surface area contributed by atoms with Gasteiger partial charge in [-0.15, -0.1) is 10.2 Å². The minimum Gasteiger partial charge on any atom is -0.415 e. The van der Waals surface area contributed by atoms with E-state index in [-0.39, 0.29) is 11.5 Å². The van der Waals surface area contributed by atoms with E-state index in [1.807, 2.05) is 10.8 Å². The van der Waals surface area contributed by atoms with Crippen LogP contribution in [0.15, 0.2) is 35.0 Å². The molecule has 1 aliphatic heterocycles. The van der Waals surface area contributed by atoms with Crippen LogP contribution in [-0.4, -0.2) is 33.0 Å². The maximum atomic E-state index is 14.2. The molecule has 3 aromatic rings. The summed E-state index contributed by atoms with van der Waals surface area (Å²) >= 11 is 0. The molecule has 9 heteroatoms. The van der Waals surface area contributed by atoms with E-state index >= 15 is 0 Å². The van der Waals surface area contributed by atoms with Crippen molar-refractivity contribution in [3.63, 3.8) is 0 Å². The van der Waals surface area contributed by atoms with Crippen LogP contribution in [0.1, 0.15) is 25.2 Å². The van der Waals surface area contributed by atoms with Crippen molar-refractivity contribution in [3.05, 3.63) is 42.3 Å². The van der Waals surface area contributed by atoms with Gasteiger partial charge in [0.15, 0.2) is 0 Å². The van der Waals surface area contributed by atoms with Crippen LogP contribution in [0.5, 0.6) is 0 Å². The summed E-state index contributed by atoms with van der Waals surface area (Å²) in [6.07, 6.45) is 2.55. The summed E-state index contributed by atoms with van der Waals surface area (Å²) in [5.41, 5.74) is 0.740. The molecule has 27 heavy (non-hydrogen) atoms. The summed E-state index contributed by atoms with van der Waals surface area (Å²) in [6.45, 7) is 2.23. The maximum Gasteiger partial charge on any atom is 0.314 e. The molecule has 0 N–H and O–H groups in total. The first-order valence-electron chi connectivity index (χ1n) is 8.62. The van der Waals surface area contributed by atoms with Crippen molar-refractivity contribution in [2.45, 2.75) is 25.8 Å². The molecule has 4 rings (SSSR count). The lowest BCUT2D eigenvalue weighted by molar-refractivity contribution is 0.0614. The summed E-state index contributed by atoms with van der Waals surface area (Å²) in [6, 6.07) is 4.11. The second kappa shape index (κ2) is 7.51. The minimum atomic E-state index is -2.88. The fraction of sp³-hybridized carbons (Fsp3) is 0.389. The normalized spacial score (nSPS) is 15.6. The topological polar surface area (TPSA) is 66.0 Å². The molecule has 0 radical (unpaired) electrons. The lowest BCUT2D eigenvalue weighted by atomic mass is 10.00. The molecule has 142 valence electrons. The number of nitrogens with zero attached hydrogens (tertiary/aromatic N) is 4. The van der Waals surface area contributed by atoms with E-state index in [9.17, 15) is 13.2 Å². The van der Waals surface area contributed by atoms with Crippen molar-refractivity contribution in [2.24, 2.45) is 5.92 Å². The molecule has 1 saturated heterocycles. The van der Waals surface area contributed by atoms with Crippen LogP contribution in [-0.2, 0) is 11.3 Å². The third kappa shape index (κ3) is 3.87. The molecule has 0 bridgehead atoms. The van der Waals surface area contributed by atoms with Crippen molar-refractivity contribution in [3.8, 4) is 22.8 Å². The standard InChI is InChI=1S/C18H17F3N4O2/c19-14-8-12(7-13(9-14)17-23-24-18(27-17)15(20)21)16-22-3-4-25(16)10-11-1-5-26-6-2-11/h3-4,7-9,11,15H,1-2,5-6,10H2. The fourth-order valence-corrected chi connectivity index (χ4v) is 3.21. The predicted octanol–water partition coefficient (Wildman–Crippen LogP) is 4.10. The van der Waals surface area contributed by atoms with Gasteiger partial charge in [0.05, 0.1) is 0 Å². The molecule has 0 spiro atoms. The maximum absolute atomic E-state index is 14.2. The van der Waals surface area contributed by atoms with Crippen molar-refractivity contribution in [1.82, 2.24) is 19.7 Å². The Bertz CT molecular complexity index is 919. The first-order chi connectivity index (χ1) is 13.1. The van der Waals surface area contributed by atoms with E-state index in [4.69, 9.17) is 9.15 Å². The molecule has 1 aliphatic rings. The Morgan fingerprint density at radius 2 is 1.89 bits per heavy atom. The summed E-state index contributed by atoms with van der Waals surface area (Å²) in [4.78, 5) is 4.34. The first-order valence-corrected chi connectivity index (χ1v) is 8.62. The van der Waals surface area contributed by atoms with Crippen LogP contribution < -0.4 is 0 Å². The van der Waals surface area contributed by atoms with Crippen molar-refractivity contribution >= 4 is 0 Å². The van der Waals surface area contributed by atoms with E-state index in [0.29, 0.717) is 17.3 Å². The highest BCUT2D eigenvalue weighted by atomic mass is 19.3. The molecule has 2 aromatic heterocycles. The Labute approximate surface area is 153 Å². The summed E-state index contributed by atoms with van der Waals surface area (Å²) < 4.78 is 51.8. The zero-order valence-electron chi connectivity index (χ0n) is 14.3. The molecule has 6 nitrogen and oxygen atoms in total. The third-order valence-corrected chi connectivity index (χ3v) is 4.54. The number of rotatable bonds is 5. The lowest BCUT2D eigenvalue weighted by Crippen LogP contribution is -2.20. The molecule has 0 aliphatic carbocycles. The highest BCUT2D eigenvalue weighted by Gasteiger charge is 2.20. The van der Waals surface area contributed by atoms with E-state index < -0.39 is 18.1 Å². The number of aromatic nitrogens is 4. The summed E-state index contributed by atoms with van der Waals surface area (Å²) in [5.74, 6) is -0.439. The van der Waals surface area contributed by atoms with E-state index in [0.717, 1.165) is 38.7 Å². The molecular weight excluding hydrogens is 361 g/mol. The Kier molecular flexibility index (Phi) is 4.93. The SMILES string of the molecule is Fc1cc(-c2nnc(C(F)F)o2)cc(-c2nccn2CC2CCOCC2)c1. The van der Waals surface area contributed by atoms with Crippen molar-refractivity contribution in [1.29, 1.82) is 0 Å². The molecule has 0 atom stereocenters. The Morgan fingerprint density at radius 1 is 1.11 bits per heavy atom. The quantitative estimate of drug-likeness (QED) is 0.669. The van der Waals surface area contributed by atoms with Gasteiger partial charge in [0, 0.05) is 43.3 Å². The average Bonchev–Trinajstić information content (AvgIpc) is 3.32. The largest absolute Gasteiger partial charge is 0.415 e. The Morgan fingerprint density at radius 3 is 2.63 bits per heavy atom. The number of hydrogen-bond acceptors (Lipinski definition) is 5. The molecule has 1 fully saturated rings. The van der Waals surface area contributed by atoms with Gasteiger partial charge in [0.1, 0.15) is 11.6 Å². The second-order valence-electron chi connectivity index (χ2n) is 6.43. The second-order valence-corrected chi connectivity index (χ2v) is 6.43. The van der Waals surface area contributed by atoms with Gasteiger partial charge >= 0.3 is 6.43 Å². The highest BCUT2D eigenvalue weighted by molar-refractivity contribution is 5.65. The lowest BCUT2D eigenvalue weighted by Gasteiger charge is -2.23. The number of benzene rings is 1. The van der Waals surface area contributed by atoms with Crippen LogP contribution in [0.25, 0.3) is 22.8 Å². The van der Waals surface area contributed by atoms with Gasteiger partial charge in [-0.25, -0.2) is 9.37 Å². The van der Waals surface area contributed by atoms with Crippen molar-refractivity contribution in [2.75, 3.05) is 13.2 Å². The first kappa shape index (κ1) is 17.7. The number of ether oxygens (including phenoxy) is 1.